The highest BCUT2D eigenvalue weighted by atomic mass is 19.4. The molecule has 1 saturated heterocycles. The zero-order chi connectivity index (χ0) is 29.8. The van der Waals surface area contributed by atoms with Gasteiger partial charge in [-0.05, 0) is 24.6 Å². The molecule has 3 heterocycles. The molecule has 0 aliphatic carbocycles. The fraction of sp³-hybridized carbons (Fsp3) is 0.231. The number of likely N-dealkylation sites (tertiary alicyclic amines) is 1. The minimum absolute atomic E-state index is 0.0133. The third-order valence-electron chi connectivity index (χ3n) is 6.74. The molecule has 4 aromatic rings. The molecule has 1 fully saturated rings. The zero-order valence-electron chi connectivity index (χ0n) is 20.9. The Labute approximate surface area is 226 Å². The van der Waals surface area contributed by atoms with Crippen molar-refractivity contribution in [2.45, 2.75) is 25.3 Å². The molecule has 0 saturated carbocycles. The Kier molecular flexibility index (Phi) is 6.83. The number of anilines is 1. The van der Waals surface area contributed by atoms with Crippen LogP contribution in [-0.4, -0.2) is 56.6 Å². The van der Waals surface area contributed by atoms with Crippen molar-refractivity contribution in [3.63, 3.8) is 0 Å². The fourth-order valence-corrected chi connectivity index (χ4v) is 4.73. The van der Waals surface area contributed by atoms with Gasteiger partial charge in [0.15, 0.2) is 5.82 Å². The van der Waals surface area contributed by atoms with Crippen molar-refractivity contribution in [1.29, 1.82) is 0 Å². The quantitative estimate of drug-likeness (QED) is 0.350. The lowest BCUT2D eigenvalue weighted by atomic mass is 10.0. The lowest BCUT2D eigenvalue weighted by Gasteiger charge is -2.18. The summed E-state index contributed by atoms with van der Waals surface area (Å²) < 4.78 is 98.3. The van der Waals surface area contributed by atoms with E-state index in [1.165, 1.54) is 18.2 Å². The smallest absolute Gasteiger partial charge is 0.382 e. The highest BCUT2D eigenvalue weighted by molar-refractivity contribution is 5.98. The number of nitrogens with zero attached hydrogens (tertiary/aromatic N) is 4. The van der Waals surface area contributed by atoms with E-state index in [1.54, 1.807) is 6.92 Å². The monoisotopic (exact) mass is 580 g/mol. The summed E-state index contributed by atoms with van der Waals surface area (Å²) in [6.45, 7) is 0.500. The average molecular weight is 580 g/mol. The second-order valence-electron chi connectivity index (χ2n) is 9.43. The molecular formula is C26H19F7N6O2. The third-order valence-corrected chi connectivity index (χ3v) is 6.74. The molecule has 2 amide bonds. The van der Waals surface area contributed by atoms with E-state index in [4.69, 9.17) is 5.73 Å². The van der Waals surface area contributed by atoms with Crippen LogP contribution in [0.15, 0.2) is 42.7 Å². The van der Waals surface area contributed by atoms with Crippen LogP contribution in [0, 0.1) is 24.4 Å². The maximum atomic E-state index is 14.8. The Morgan fingerprint density at radius 1 is 1.05 bits per heavy atom. The molecule has 1 aliphatic rings. The van der Waals surface area contributed by atoms with E-state index in [9.17, 15) is 40.3 Å². The number of aromatic nitrogens is 3. The Balaban J connectivity index is 1.41. The molecule has 2 atom stereocenters. The summed E-state index contributed by atoms with van der Waals surface area (Å²) in [6.07, 6.45) is -5.62. The Morgan fingerprint density at radius 2 is 1.73 bits per heavy atom. The predicted octanol–water partition coefficient (Wildman–Crippen LogP) is 4.32. The Morgan fingerprint density at radius 3 is 2.39 bits per heavy atom. The number of hydrogen-bond donors (Lipinski definition) is 2. The van der Waals surface area contributed by atoms with Gasteiger partial charge in [0.1, 0.15) is 41.0 Å². The van der Waals surface area contributed by atoms with Gasteiger partial charge in [-0.1, -0.05) is 12.1 Å². The first-order valence-corrected chi connectivity index (χ1v) is 12.0. The molecule has 214 valence electrons. The van der Waals surface area contributed by atoms with Crippen molar-refractivity contribution in [1.82, 2.24) is 24.8 Å². The van der Waals surface area contributed by atoms with Gasteiger partial charge in [0, 0.05) is 29.8 Å². The number of carbonyl (C=O) groups excluding carboxylic acids is 2. The summed E-state index contributed by atoms with van der Waals surface area (Å²) >= 11 is 0. The minimum atomic E-state index is -4.78. The molecule has 0 unspecified atom stereocenters. The van der Waals surface area contributed by atoms with Crippen molar-refractivity contribution >= 4 is 23.1 Å². The highest BCUT2D eigenvalue weighted by Crippen LogP contribution is 2.39. The topological polar surface area (TPSA) is 106 Å². The summed E-state index contributed by atoms with van der Waals surface area (Å²) in [5.74, 6) is -6.58. The molecule has 15 heteroatoms. The van der Waals surface area contributed by atoms with Gasteiger partial charge in [-0.15, -0.1) is 0 Å². The van der Waals surface area contributed by atoms with Crippen LogP contribution in [0.5, 0.6) is 0 Å². The number of hydrogen-bond acceptors (Lipinski definition) is 5. The molecule has 0 radical (unpaired) electrons. The average Bonchev–Trinajstić information content (AvgIpc) is 3.45. The second kappa shape index (κ2) is 10.1. The normalized spacial score (nSPS) is 17.3. The van der Waals surface area contributed by atoms with E-state index in [0.717, 1.165) is 21.8 Å². The van der Waals surface area contributed by atoms with E-state index in [1.807, 2.05) is 0 Å². The number of nitrogens with one attached hydrogen (secondary N) is 1. The predicted molar refractivity (Wildman–Crippen MR) is 131 cm³/mol. The SMILES string of the molecule is Cc1ccc(-c2cc(C(F)(F)F)c3c(N)ncnn23)cc1C(=O)N[C@@H]1CN(C(=O)c2c(F)cc(F)cc2F)C[C@@H]1F. The lowest BCUT2D eigenvalue weighted by Crippen LogP contribution is -2.42. The first-order chi connectivity index (χ1) is 19.3. The van der Waals surface area contributed by atoms with Crippen molar-refractivity contribution in [3.05, 3.63) is 82.4 Å². The Hall–Kier alpha value is -4.69. The summed E-state index contributed by atoms with van der Waals surface area (Å²) in [5.41, 5.74) is 3.58. The van der Waals surface area contributed by atoms with E-state index in [-0.39, 0.29) is 16.8 Å². The molecule has 0 spiro atoms. The molecule has 1 aliphatic heterocycles. The van der Waals surface area contributed by atoms with Crippen molar-refractivity contribution in [2.75, 3.05) is 18.8 Å². The first-order valence-electron chi connectivity index (χ1n) is 12.0. The van der Waals surface area contributed by atoms with E-state index in [0.29, 0.717) is 17.7 Å². The molecule has 41 heavy (non-hydrogen) atoms. The number of aryl methyl sites for hydroxylation is 1. The van der Waals surface area contributed by atoms with Crippen LogP contribution in [-0.2, 0) is 6.18 Å². The molecule has 5 rings (SSSR count). The van der Waals surface area contributed by atoms with Gasteiger partial charge < -0.3 is 16.0 Å². The zero-order valence-corrected chi connectivity index (χ0v) is 20.9. The maximum absolute atomic E-state index is 14.8. The molecule has 2 aromatic heterocycles. The van der Waals surface area contributed by atoms with Crippen LogP contribution < -0.4 is 11.1 Å². The van der Waals surface area contributed by atoms with Crippen molar-refractivity contribution in [2.24, 2.45) is 0 Å². The first kappa shape index (κ1) is 27.9. The molecule has 0 bridgehead atoms. The summed E-state index contributed by atoms with van der Waals surface area (Å²) in [6, 6.07) is 4.41. The second-order valence-corrected chi connectivity index (χ2v) is 9.43. The van der Waals surface area contributed by atoms with Crippen molar-refractivity contribution < 1.29 is 40.3 Å². The largest absolute Gasteiger partial charge is 0.418 e. The molecule has 2 aromatic carbocycles. The highest BCUT2D eigenvalue weighted by Gasteiger charge is 2.39. The lowest BCUT2D eigenvalue weighted by molar-refractivity contribution is -0.136. The van der Waals surface area contributed by atoms with Gasteiger partial charge in [-0.2, -0.15) is 18.3 Å². The van der Waals surface area contributed by atoms with E-state index in [2.05, 4.69) is 15.4 Å². The van der Waals surface area contributed by atoms with Crippen LogP contribution in [0.25, 0.3) is 16.8 Å². The number of nitrogen functional groups attached to an aromatic ring is 1. The van der Waals surface area contributed by atoms with Crippen LogP contribution in [0.3, 0.4) is 0 Å². The number of fused-ring (bicyclic) bond motifs is 1. The molecule has 8 nitrogen and oxygen atoms in total. The molecular weight excluding hydrogens is 561 g/mol. The van der Waals surface area contributed by atoms with Gasteiger partial charge in [-0.25, -0.2) is 27.1 Å². The minimum Gasteiger partial charge on any atom is -0.382 e. The number of alkyl halides is 4. The van der Waals surface area contributed by atoms with Crippen LogP contribution in [0.1, 0.15) is 31.8 Å². The van der Waals surface area contributed by atoms with Crippen molar-refractivity contribution in [3.8, 4) is 11.3 Å². The van der Waals surface area contributed by atoms with E-state index < -0.39 is 83.2 Å². The standard InChI is InChI=1S/C26H19F7N6O2/c1-11-2-3-12(20-7-15(26(31,32)33)22-23(34)35-10-36-39(20)22)4-14(11)24(40)37-19-9-38(8-18(19)30)25(41)21-16(28)5-13(27)6-17(21)29/h2-7,10,18-19H,8-9H2,1H3,(H,37,40)(H2,34,35,36)/t18-,19+/m0/s1. The van der Waals surface area contributed by atoms with E-state index >= 15 is 0 Å². The number of amides is 2. The van der Waals surface area contributed by atoms with Gasteiger partial charge in [0.05, 0.1) is 23.8 Å². The van der Waals surface area contributed by atoms with Gasteiger partial charge in [0.2, 0.25) is 0 Å². The molecule has 3 N–H and O–H groups in total. The van der Waals surface area contributed by atoms with Gasteiger partial charge >= 0.3 is 6.18 Å². The summed E-state index contributed by atoms with van der Waals surface area (Å²) in [7, 11) is 0. The van der Waals surface area contributed by atoms with Gasteiger partial charge in [-0.3, -0.25) is 9.59 Å². The summed E-state index contributed by atoms with van der Waals surface area (Å²) in [5, 5.41) is 6.30. The number of rotatable bonds is 4. The maximum Gasteiger partial charge on any atom is 0.418 e. The Bertz CT molecular complexity index is 1680. The number of nitrogens with two attached hydrogens (primary N) is 1. The number of halogens is 7. The number of carbonyl (C=O) groups is 2. The van der Waals surface area contributed by atoms with Gasteiger partial charge in [0.25, 0.3) is 11.8 Å². The fourth-order valence-electron chi connectivity index (χ4n) is 4.73. The summed E-state index contributed by atoms with van der Waals surface area (Å²) in [4.78, 5) is 30.2. The third kappa shape index (κ3) is 5.02. The van der Waals surface area contributed by atoms with Crippen LogP contribution in [0.2, 0.25) is 0 Å². The van der Waals surface area contributed by atoms with Crippen LogP contribution in [0.4, 0.5) is 36.6 Å². The van der Waals surface area contributed by atoms with Crippen LogP contribution >= 0.6 is 0 Å². The number of benzene rings is 2.